The van der Waals surface area contributed by atoms with E-state index >= 15 is 0 Å². The van der Waals surface area contributed by atoms with Crippen LogP contribution in [-0.4, -0.2) is 16.4 Å². The summed E-state index contributed by atoms with van der Waals surface area (Å²) in [5.74, 6) is -1.06. The van der Waals surface area contributed by atoms with Crippen molar-refractivity contribution in [2.75, 3.05) is 4.90 Å². The summed E-state index contributed by atoms with van der Waals surface area (Å²) in [5, 5.41) is 1.12. The van der Waals surface area contributed by atoms with Crippen molar-refractivity contribution in [2.45, 2.75) is 12.4 Å². The van der Waals surface area contributed by atoms with E-state index in [2.05, 4.69) is 0 Å². The molecule has 274 valence electrons. The summed E-state index contributed by atoms with van der Waals surface area (Å²) in [6.07, 6.45) is -10.0. The average molecular weight is 753 g/mol. The Bertz CT molecular complexity index is 2880. The maximum Gasteiger partial charge on any atom is 0.417 e. The van der Waals surface area contributed by atoms with Crippen LogP contribution in [0, 0.1) is 0 Å². The van der Waals surface area contributed by atoms with Crippen LogP contribution >= 0.6 is 0 Å². The lowest BCUT2D eigenvalue weighted by molar-refractivity contribution is -0.142. The van der Waals surface area contributed by atoms with Crippen LogP contribution in [0.5, 0.6) is 0 Å². The largest absolute Gasteiger partial charge is 0.417 e. The molecular formula is C46H26F6N2O2. The van der Waals surface area contributed by atoms with Crippen molar-refractivity contribution in [1.82, 2.24) is 4.57 Å². The third-order valence-corrected chi connectivity index (χ3v) is 10.2. The summed E-state index contributed by atoms with van der Waals surface area (Å²) >= 11 is 0. The Morgan fingerprint density at radius 2 is 1.07 bits per heavy atom. The van der Waals surface area contributed by atoms with Gasteiger partial charge in [-0.05, 0) is 82.4 Å². The second kappa shape index (κ2) is 12.8. The number of nitrogens with zero attached hydrogens (tertiary/aromatic N) is 2. The molecule has 0 saturated carbocycles. The number of fused-ring (bicyclic) bond motifs is 4. The number of benzene rings is 7. The van der Waals surface area contributed by atoms with Crippen LogP contribution in [0.15, 0.2) is 158 Å². The monoisotopic (exact) mass is 752 g/mol. The summed E-state index contributed by atoms with van der Waals surface area (Å²) in [6, 6.07) is 43.0. The fourth-order valence-electron chi connectivity index (χ4n) is 7.67. The van der Waals surface area contributed by atoms with Gasteiger partial charge in [0.2, 0.25) is 0 Å². The smallest absolute Gasteiger partial charge is 0.308 e. The highest BCUT2D eigenvalue weighted by Gasteiger charge is 2.41. The van der Waals surface area contributed by atoms with Crippen LogP contribution in [0.4, 0.5) is 32.0 Å². The molecule has 1 aromatic heterocycles. The maximum absolute atomic E-state index is 14.7. The third-order valence-electron chi connectivity index (χ3n) is 10.2. The van der Waals surface area contributed by atoms with E-state index in [0.717, 1.165) is 22.8 Å². The Kier molecular flexibility index (Phi) is 7.98. The Morgan fingerprint density at radius 1 is 0.411 bits per heavy atom. The van der Waals surface area contributed by atoms with Gasteiger partial charge in [-0.25, -0.2) is 4.90 Å². The molecule has 7 aromatic carbocycles. The molecule has 0 aliphatic carbocycles. The van der Waals surface area contributed by atoms with E-state index in [1.807, 2.05) is 72.8 Å². The first kappa shape index (κ1) is 34.8. The van der Waals surface area contributed by atoms with Crippen molar-refractivity contribution in [2.24, 2.45) is 0 Å². The number of para-hydroxylation sites is 1. The lowest BCUT2D eigenvalue weighted by Crippen LogP contribution is -2.30. The first-order valence-electron chi connectivity index (χ1n) is 17.5. The number of imide groups is 1. The topological polar surface area (TPSA) is 42.3 Å². The molecule has 0 radical (unpaired) electrons. The zero-order valence-corrected chi connectivity index (χ0v) is 29.0. The van der Waals surface area contributed by atoms with Gasteiger partial charge in [0.05, 0.1) is 44.7 Å². The molecule has 0 unspecified atom stereocenters. The lowest BCUT2D eigenvalue weighted by atomic mass is 9.95. The summed E-state index contributed by atoms with van der Waals surface area (Å²) < 4.78 is 84.9. The molecule has 0 spiro atoms. The summed E-state index contributed by atoms with van der Waals surface area (Å²) in [5.41, 5.74) is 2.41. The molecule has 2 heterocycles. The Hall–Kier alpha value is -6.94. The molecule has 1 aliphatic heterocycles. The number of hydrogen-bond donors (Lipinski definition) is 0. The van der Waals surface area contributed by atoms with Crippen molar-refractivity contribution in [3.8, 4) is 39.1 Å². The van der Waals surface area contributed by atoms with Gasteiger partial charge in [0.25, 0.3) is 11.8 Å². The minimum Gasteiger partial charge on any atom is -0.308 e. The zero-order chi connectivity index (χ0) is 38.9. The van der Waals surface area contributed by atoms with Crippen molar-refractivity contribution in [3.05, 3.63) is 180 Å². The number of aromatic nitrogens is 1. The highest BCUT2D eigenvalue weighted by Crippen LogP contribution is 2.45. The number of halogens is 6. The molecule has 0 bridgehead atoms. The van der Waals surface area contributed by atoms with E-state index in [-0.39, 0.29) is 22.8 Å². The fourth-order valence-corrected chi connectivity index (χ4v) is 7.67. The second-order valence-corrected chi connectivity index (χ2v) is 13.4. The molecule has 4 nitrogen and oxygen atoms in total. The van der Waals surface area contributed by atoms with E-state index in [4.69, 9.17) is 0 Å². The number of anilines is 1. The van der Waals surface area contributed by atoms with E-state index in [1.165, 1.54) is 17.0 Å². The Morgan fingerprint density at radius 3 is 1.79 bits per heavy atom. The van der Waals surface area contributed by atoms with E-state index in [1.54, 1.807) is 59.2 Å². The summed E-state index contributed by atoms with van der Waals surface area (Å²) in [4.78, 5) is 30.2. The van der Waals surface area contributed by atoms with Gasteiger partial charge in [-0.15, -0.1) is 0 Å². The van der Waals surface area contributed by atoms with Crippen molar-refractivity contribution < 1.29 is 35.9 Å². The normalized spacial score (nSPS) is 13.2. The standard InChI is InChI=1S/C46H26F6N2O2/c47-45(48,49)31-20-21-32(37(26-31)46(50,51)52)30-19-23-40-36(25-30)33-14-7-8-16-38(33)53(40)41-17-9-15-34-42(41)44(56)54(43(34)55)39-22-18-29(27-10-3-1-4-11-27)24-35(39)28-12-5-2-6-13-28/h1-26H. The fraction of sp³-hybridized carbons (Fsp3) is 0.0435. The van der Waals surface area contributed by atoms with E-state index in [0.29, 0.717) is 44.8 Å². The molecule has 10 heteroatoms. The molecule has 2 amide bonds. The molecule has 0 atom stereocenters. The van der Waals surface area contributed by atoms with E-state index < -0.39 is 40.9 Å². The first-order valence-corrected chi connectivity index (χ1v) is 17.5. The van der Waals surface area contributed by atoms with Gasteiger partial charge >= 0.3 is 12.4 Å². The SMILES string of the molecule is O=C1c2cccc(-n3c4ccccc4c4cc(-c5ccc(C(F)(F)F)cc5C(F)(F)F)ccc43)c2C(=O)N1c1ccc(-c2ccccc2)cc1-c1ccccc1. The Balaban J connectivity index is 1.20. The van der Waals surface area contributed by atoms with Crippen molar-refractivity contribution in [3.63, 3.8) is 0 Å². The van der Waals surface area contributed by atoms with E-state index in [9.17, 15) is 35.9 Å². The van der Waals surface area contributed by atoms with Crippen LogP contribution in [0.3, 0.4) is 0 Å². The lowest BCUT2D eigenvalue weighted by Gasteiger charge is -2.20. The van der Waals surface area contributed by atoms with Gasteiger partial charge in [-0.3, -0.25) is 9.59 Å². The first-order chi connectivity index (χ1) is 26.9. The van der Waals surface area contributed by atoms with Crippen molar-refractivity contribution in [1.29, 1.82) is 0 Å². The third kappa shape index (κ3) is 5.64. The van der Waals surface area contributed by atoms with Gasteiger partial charge in [0.15, 0.2) is 0 Å². The number of amides is 2. The van der Waals surface area contributed by atoms with Crippen LogP contribution < -0.4 is 4.90 Å². The second-order valence-electron chi connectivity index (χ2n) is 13.4. The van der Waals surface area contributed by atoms with Gasteiger partial charge in [0, 0.05) is 16.3 Å². The predicted molar refractivity (Wildman–Crippen MR) is 205 cm³/mol. The summed E-state index contributed by atoms with van der Waals surface area (Å²) in [7, 11) is 0. The number of carbonyl (C=O) groups is 2. The van der Waals surface area contributed by atoms with Crippen molar-refractivity contribution >= 4 is 39.3 Å². The molecule has 9 rings (SSSR count). The highest BCUT2D eigenvalue weighted by atomic mass is 19.4. The minimum absolute atomic E-state index is 0.0598. The quantitative estimate of drug-likeness (QED) is 0.130. The number of hydrogen-bond acceptors (Lipinski definition) is 2. The molecule has 56 heavy (non-hydrogen) atoms. The van der Waals surface area contributed by atoms with Gasteiger partial charge in [-0.2, -0.15) is 26.3 Å². The predicted octanol–water partition coefficient (Wildman–Crippen LogP) is 12.6. The molecule has 1 aliphatic rings. The molecular weight excluding hydrogens is 727 g/mol. The van der Waals surface area contributed by atoms with Gasteiger partial charge in [-0.1, -0.05) is 103 Å². The molecule has 8 aromatic rings. The number of rotatable bonds is 5. The molecule has 0 fully saturated rings. The number of alkyl halides is 6. The van der Waals surface area contributed by atoms with Crippen LogP contribution in [0.25, 0.3) is 60.9 Å². The van der Waals surface area contributed by atoms with Crippen LogP contribution in [-0.2, 0) is 12.4 Å². The highest BCUT2D eigenvalue weighted by molar-refractivity contribution is 6.36. The summed E-state index contributed by atoms with van der Waals surface area (Å²) in [6.45, 7) is 0. The van der Waals surface area contributed by atoms with Gasteiger partial charge in [0.1, 0.15) is 0 Å². The minimum atomic E-state index is -5.06. The maximum atomic E-state index is 14.7. The average Bonchev–Trinajstić information content (AvgIpc) is 3.67. The molecule has 0 N–H and O–H groups in total. The van der Waals surface area contributed by atoms with Crippen LogP contribution in [0.1, 0.15) is 31.8 Å². The Labute approximate surface area is 315 Å². The van der Waals surface area contributed by atoms with Crippen LogP contribution in [0.2, 0.25) is 0 Å². The van der Waals surface area contributed by atoms with Gasteiger partial charge < -0.3 is 4.57 Å². The number of carbonyl (C=O) groups excluding carboxylic acids is 2. The molecule has 0 saturated heterocycles. The zero-order valence-electron chi connectivity index (χ0n) is 29.0.